The summed E-state index contributed by atoms with van der Waals surface area (Å²) in [5, 5.41) is 6.03. The number of para-hydroxylation sites is 1. The minimum Gasteiger partial charge on any atom is -0.457 e. The highest BCUT2D eigenvalue weighted by Gasteiger charge is 2.47. The van der Waals surface area contributed by atoms with Crippen molar-refractivity contribution in [3.63, 3.8) is 0 Å². The number of nitrogens with one attached hydrogen (secondary N) is 2. The van der Waals surface area contributed by atoms with E-state index < -0.39 is 12.1 Å². The van der Waals surface area contributed by atoms with Gasteiger partial charge in [0.2, 0.25) is 5.91 Å². The van der Waals surface area contributed by atoms with E-state index >= 15 is 0 Å². The highest BCUT2D eigenvalue weighted by atomic mass is 16.5. The first-order valence-corrected chi connectivity index (χ1v) is 14.5. The zero-order chi connectivity index (χ0) is 29.8. The Labute approximate surface area is 250 Å². The van der Waals surface area contributed by atoms with Gasteiger partial charge in [-0.05, 0) is 48.2 Å². The second-order valence-electron chi connectivity index (χ2n) is 10.8. The smallest absolute Gasteiger partial charge is 0.322 e. The Hall–Kier alpha value is -4.89. The van der Waals surface area contributed by atoms with Crippen LogP contribution in [0.15, 0.2) is 109 Å². The van der Waals surface area contributed by atoms with Crippen LogP contribution in [0.2, 0.25) is 0 Å². The molecular formula is C34H34N4O5. The van der Waals surface area contributed by atoms with Crippen molar-refractivity contribution in [3.05, 3.63) is 120 Å². The molecule has 9 nitrogen and oxygen atoms in total. The first kappa shape index (κ1) is 28.2. The molecule has 3 atom stereocenters. The lowest BCUT2D eigenvalue weighted by Crippen LogP contribution is -2.47. The first-order valence-electron chi connectivity index (χ1n) is 14.5. The van der Waals surface area contributed by atoms with Gasteiger partial charge in [0.1, 0.15) is 17.5 Å². The molecule has 0 saturated carbocycles. The molecule has 220 valence electrons. The summed E-state index contributed by atoms with van der Waals surface area (Å²) in [7, 11) is 0. The molecule has 1 fully saturated rings. The molecule has 3 aliphatic heterocycles. The largest absolute Gasteiger partial charge is 0.457 e. The summed E-state index contributed by atoms with van der Waals surface area (Å²) in [5.74, 6) is 0.641. The number of nitrogens with zero attached hydrogens (tertiary/aromatic N) is 2. The summed E-state index contributed by atoms with van der Waals surface area (Å²) in [4.78, 5) is 44.6. The molecule has 6 rings (SSSR count). The number of benzene rings is 3. The van der Waals surface area contributed by atoms with Crippen molar-refractivity contribution in [2.24, 2.45) is 0 Å². The predicted octanol–water partition coefficient (Wildman–Crippen LogP) is 4.86. The topological polar surface area (TPSA) is 100 Å². The van der Waals surface area contributed by atoms with Crippen LogP contribution in [-0.2, 0) is 14.3 Å². The van der Waals surface area contributed by atoms with Gasteiger partial charge in [-0.2, -0.15) is 0 Å². The fourth-order valence-electron chi connectivity index (χ4n) is 5.90. The number of rotatable bonds is 10. The number of hydrogen-bond donors (Lipinski definition) is 2. The van der Waals surface area contributed by atoms with Crippen molar-refractivity contribution in [3.8, 4) is 11.5 Å². The maximum Gasteiger partial charge on any atom is 0.322 e. The minimum atomic E-state index is -0.894. The Morgan fingerprint density at radius 2 is 1.79 bits per heavy atom. The van der Waals surface area contributed by atoms with Crippen molar-refractivity contribution in [2.75, 3.05) is 26.2 Å². The highest BCUT2D eigenvalue weighted by Crippen LogP contribution is 2.40. The van der Waals surface area contributed by atoms with E-state index in [1.54, 1.807) is 11.0 Å². The van der Waals surface area contributed by atoms with Gasteiger partial charge in [0.25, 0.3) is 5.91 Å². The van der Waals surface area contributed by atoms with E-state index in [1.807, 2.05) is 84.9 Å². The second-order valence-corrected chi connectivity index (χ2v) is 10.8. The Bertz CT molecular complexity index is 1530. The molecule has 0 spiro atoms. The first-order chi connectivity index (χ1) is 21.0. The molecule has 1 saturated heterocycles. The van der Waals surface area contributed by atoms with E-state index in [-0.39, 0.29) is 37.0 Å². The Morgan fingerprint density at radius 1 is 1.05 bits per heavy atom. The molecular weight excluding hydrogens is 544 g/mol. The summed E-state index contributed by atoms with van der Waals surface area (Å²) in [5.41, 5.74) is 2.36. The second kappa shape index (κ2) is 12.5. The maximum absolute atomic E-state index is 14.4. The zero-order valence-corrected chi connectivity index (χ0v) is 23.8. The van der Waals surface area contributed by atoms with E-state index in [0.717, 1.165) is 12.8 Å². The molecule has 9 heteroatoms. The normalized spacial score (nSPS) is 20.5. The minimum absolute atomic E-state index is 0.0411. The van der Waals surface area contributed by atoms with Crippen molar-refractivity contribution < 1.29 is 23.9 Å². The number of ether oxygens (including phenoxy) is 2. The summed E-state index contributed by atoms with van der Waals surface area (Å²) in [6, 6.07) is 24.0. The van der Waals surface area contributed by atoms with E-state index in [0.29, 0.717) is 47.0 Å². The van der Waals surface area contributed by atoms with Crippen LogP contribution in [-0.4, -0.2) is 60.0 Å². The van der Waals surface area contributed by atoms with Crippen LogP contribution < -0.4 is 15.4 Å². The number of amides is 4. The summed E-state index contributed by atoms with van der Waals surface area (Å²) in [6.07, 6.45) is 3.42. The van der Waals surface area contributed by atoms with E-state index in [4.69, 9.17) is 9.47 Å². The monoisotopic (exact) mass is 578 g/mol. The summed E-state index contributed by atoms with van der Waals surface area (Å²) in [6.45, 7) is 5.18. The van der Waals surface area contributed by atoms with E-state index in [2.05, 4.69) is 17.2 Å². The molecule has 0 bridgehead atoms. The molecule has 3 aliphatic rings. The Balaban J connectivity index is 1.33. The molecule has 4 amide bonds. The van der Waals surface area contributed by atoms with Crippen LogP contribution in [0.25, 0.3) is 0 Å². The summed E-state index contributed by atoms with van der Waals surface area (Å²) < 4.78 is 11.7. The predicted molar refractivity (Wildman–Crippen MR) is 161 cm³/mol. The van der Waals surface area contributed by atoms with Crippen molar-refractivity contribution in [1.29, 1.82) is 0 Å². The fourth-order valence-corrected chi connectivity index (χ4v) is 5.90. The van der Waals surface area contributed by atoms with Crippen LogP contribution >= 0.6 is 0 Å². The van der Waals surface area contributed by atoms with Gasteiger partial charge in [0, 0.05) is 19.7 Å². The van der Waals surface area contributed by atoms with E-state index in [1.165, 1.54) is 4.90 Å². The van der Waals surface area contributed by atoms with Crippen molar-refractivity contribution in [1.82, 2.24) is 20.4 Å². The number of urea groups is 1. The van der Waals surface area contributed by atoms with Crippen LogP contribution in [0.4, 0.5) is 4.79 Å². The van der Waals surface area contributed by atoms with Gasteiger partial charge in [-0.25, -0.2) is 4.79 Å². The number of carbonyl (C=O) groups is 3. The molecule has 0 radical (unpaired) electrons. The third-order valence-electron chi connectivity index (χ3n) is 7.94. The van der Waals surface area contributed by atoms with Crippen molar-refractivity contribution in [2.45, 2.75) is 31.0 Å². The average Bonchev–Trinajstić information content (AvgIpc) is 3.67. The van der Waals surface area contributed by atoms with Crippen LogP contribution in [0.3, 0.4) is 0 Å². The molecule has 2 N–H and O–H groups in total. The molecule has 3 aromatic carbocycles. The van der Waals surface area contributed by atoms with Gasteiger partial charge >= 0.3 is 6.03 Å². The maximum atomic E-state index is 14.4. The third-order valence-corrected chi connectivity index (χ3v) is 7.94. The lowest BCUT2D eigenvalue weighted by Gasteiger charge is -2.33. The van der Waals surface area contributed by atoms with Crippen LogP contribution in [0.1, 0.15) is 36.1 Å². The van der Waals surface area contributed by atoms with Crippen molar-refractivity contribution >= 4 is 17.8 Å². The standard InChI is InChI=1S/C34H34N4O5/c1-2-18-37-28-22-38(31(23-11-5-3-6-12-23)32(39)35-21-27-17-10-19-42-27)33(40)29(28)30(36-34(37)41)24-13-9-16-26(20-24)43-25-14-7-4-8-15-25/h2-9,11-16,20,27,30-31H,1,10,17-19,21-22H2,(H,35,39)(H,36,41)/t27-,30+,31+/m0/s1. The number of carbonyl (C=O) groups excluding carboxylic acids is 3. The van der Waals surface area contributed by atoms with Gasteiger partial charge in [-0.3, -0.25) is 14.5 Å². The van der Waals surface area contributed by atoms with Crippen LogP contribution in [0, 0.1) is 0 Å². The fraction of sp³-hybridized carbons (Fsp3) is 0.265. The highest BCUT2D eigenvalue weighted by molar-refractivity contribution is 6.04. The average molecular weight is 579 g/mol. The lowest BCUT2D eigenvalue weighted by molar-refractivity contribution is -0.137. The molecule has 43 heavy (non-hydrogen) atoms. The molecule has 3 heterocycles. The van der Waals surface area contributed by atoms with E-state index in [9.17, 15) is 14.4 Å². The molecule has 0 unspecified atom stereocenters. The van der Waals surface area contributed by atoms with Gasteiger partial charge in [-0.1, -0.05) is 66.7 Å². The quantitative estimate of drug-likeness (QED) is 0.335. The molecule has 3 aromatic rings. The van der Waals surface area contributed by atoms with Crippen LogP contribution in [0.5, 0.6) is 11.5 Å². The van der Waals surface area contributed by atoms with Gasteiger partial charge < -0.3 is 25.0 Å². The SMILES string of the molecule is C=CCN1C(=O)N[C@H](c2cccc(Oc3ccccc3)c2)C2=C1CN([C@@H](C(=O)NC[C@@H]1CCCO1)c1ccccc1)C2=O. The third kappa shape index (κ3) is 5.89. The number of hydrogen-bond acceptors (Lipinski definition) is 5. The summed E-state index contributed by atoms with van der Waals surface area (Å²) >= 11 is 0. The van der Waals surface area contributed by atoms with Gasteiger partial charge in [-0.15, -0.1) is 6.58 Å². The zero-order valence-electron chi connectivity index (χ0n) is 23.8. The Morgan fingerprint density at radius 3 is 2.51 bits per heavy atom. The van der Waals surface area contributed by atoms with Gasteiger partial charge in [0.15, 0.2) is 0 Å². The molecule has 0 aromatic heterocycles. The lowest BCUT2D eigenvalue weighted by atomic mass is 9.95. The molecule has 0 aliphatic carbocycles. The van der Waals surface area contributed by atoms with Gasteiger partial charge in [0.05, 0.1) is 30.0 Å². The Kier molecular flexibility index (Phi) is 8.24.